The van der Waals surface area contributed by atoms with Crippen LogP contribution in [0.25, 0.3) is 33.0 Å². The third-order valence-electron chi connectivity index (χ3n) is 3.39. The van der Waals surface area contributed by atoms with Crippen molar-refractivity contribution in [3.05, 3.63) is 60.7 Å². The quantitative estimate of drug-likeness (QED) is 0.393. The number of primary amides is 2. The molecule has 0 unspecified atom stereocenters. The largest absolute Gasteiger partial charge is 0.465 e. The molecule has 1 aliphatic carbocycles. The van der Waals surface area contributed by atoms with E-state index in [1.807, 2.05) is 0 Å². The third kappa shape index (κ3) is 3.80. The summed E-state index contributed by atoms with van der Waals surface area (Å²) < 4.78 is 0. The van der Waals surface area contributed by atoms with Crippen LogP contribution in [0, 0.1) is 0 Å². The summed E-state index contributed by atoms with van der Waals surface area (Å²) >= 11 is 0. The Morgan fingerprint density at radius 3 is 2.00 bits per heavy atom. The number of hydrogen-bond donors (Lipinski definition) is 4. The highest BCUT2D eigenvalue weighted by molar-refractivity contribution is 6.07. The molecule has 2 bridgehead atoms. The lowest BCUT2D eigenvalue weighted by Gasteiger charge is -2.05. The smallest absolute Gasteiger partial charge is 0.402 e. The molecule has 0 spiro atoms. The van der Waals surface area contributed by atoms with E-state index in [1.165, 1.54) is 33.0 Å². The van der Waals surface area contributed by atoms with E-state index in [9.17, 15) is 0 Å². The molecule has 6 N–H and O–H groups in total. The maximum atomic E-state index is 8.78. The zero-order chi connectivity index (χ0) is 17.7. The van der Waals surface area contributed by atoms with Crippen molar-refractivity contribution in [2.24, 2.45) is 11.5 Å². The second-order valence-electron chi connectivity index (χ2n) is 4.97. The van der Waals surface area contributed by atoms with Crippen molar-refractivity contribution in [3.63, 3.8) is 0 Å². The molecular weight excluding hydrogens is 308 g/mol. The predicted octanol–water partition coefficient (Wildman–Crippen LogP) is 3.73. The molecule has 6 nitrogen and oxygen atoms in total. The van der Waals surface area contributed by atoms with Crippen molar-refractivity contribution in [3.8, 4) is 22.3 Å². The summed E-state index contributed by atoms with van der Waals surface area (Å²) in [6.07, 6.45) is -2.67. The molecule has 6 heteroatoms. The van der Waals surface area contributed by atoms with E-state index in [1.54, 1.807) is 0 Å². The number of carboxylic acid groups (broad SMARTS) is 2. The van der Waals surface area contributed by atoms with Crippen LogP contribution in [0.5, 0.6) is 0 Å². The van der Waals surface area contributed by atoms with Crippen molar-refractivity contribution in [1.82, 2.24) is 0 Å². The maximum absolute atomic E-state index is 8.78. The molecule has 0 heterocycles. The average molecular weight is 324 g/mol. The van der Waals surface area contributed by atoms with Gasteiger partial charge in [-0.2, -0.15) is 0 Å². The van der Waals surface area contributed by atoms with E-state index < -0.39 is 12.2 Å². The van der Waals surface area contributed by atoms with Gasteiger partial charge in [0, 0.05) is 0 Å². The fourth-order valence-electron chi connectivity index (χ4n) is 2.67. The zero-order valence-corrected chi connectivity index (χ0v) is 12.6. The Labute approximate surface area is 137 Å². The molecule has 0 saturated carbocycles. The van der Waals surface area contributed by atoms with Gasteiger partial charge in [0.15, 0.2) is 0 Å². The van der Waals surface area contributed by atoms with Gasteiger partial charge in [0.05, 0.1) is 0 Å². The van der Waals surface area contributed by atoms with Gasteiger partial charge in [-0.15, -0.1) is 0 Å². The van der Waals surface area contributed by atoms with Crippen LogP contribution in [0.2, 0.25) is 0 Å². The van der Waals surface area contributed by atoms with Gasteiger partial charge >= 0.3 is 12.2 Å². The Morgan fingerprint density at radius 1 is 0.750 bits per heavy atom. The molecule has 0 fully saturated rings. The van der Waals surface area contributed by atoms with Crippen LogP contribution in [-0.2, 0) is 0 Å². The fraction of sp³-hybridized carbons (Fsp3) is 0. The lowest BCUT2D eigenvalue weighted by atomic mass is 9.98. The van der Waals surface area contributed by atoms with Crippen LogP contribution in [0.3, 0.4) is 0 Å². The lowest BCUT2D eigenvalue weighted by molar-refractivity contribution is 0.204. The van der Waals surface area contributed by atoms with E-state index in [2.05, 4.69) is 72.1 Å². The van der Waals surface area contributed by atoms with Crippen molar-refractivity contribution in [1.29, 1.82) is 0 Å². The maximum Gasteiger partial charge on any atom is 0.402 e. The SMILES string of the molecule is NC(=O)O.NC(=O)O.c1cc2cc(c1)-c1c-2ccc2ccccc12. The standard InChI is InChI=1S/C16H10.2CH3NO2/c1-2-7-14-11(4-1)8-9-15-12-5-3-6-13(10-12)16(14)15;2*2-1(3)4/h1-10H;2*2H2,(H,3,4). The van der Waals surface area contributed by atoms with Crippen LogP contribution < -0.4 is 11.5 Å². The van der Waals surface area contributed by atoms with Crippen LogP contribution >= 0.6 is 0 Å². The van der Waals surface area contributed by atoms with Gasteiger partial charge in [0.2, 0.25) is 0 Å². The van der Waals surface area contributed by atoms with Crippen LogP contribution in [0.4, 0.5) is 9.59 Å². The van der Waals surface area contributed by atoms with Crippen molar-refractivity contribution in [2.45, 2.75) is 0 Å². The normalized spacial score (nSPS) is 9.83. The van der Waals surface area contributed by atoms with Crippen LogP contribution in [0.15, 0.2) is 60.7 Å². The summed E-state index contributed by atoms with van der Waals surface area (Å²) in [7, 11) is 0. The summed E-state index contributed by atoms with van der Waals surface area (Å²) in [5.74, 6) is 0. The topological polar surface area (TPSA) is 127 Å². The first-order valence-electron chi connectivity index (χ1n) is 6.99. The number of fused-ring (bicyclic) bond motifs is 7. The van der Waals surface area contributed by atoms with E-state index in [0.717, 1.165) is 0 Å². The monoisotopic (exact) mass is 324 g/mol. The minimum Gasteiger partial charge on any atom is -0.465 e. The van der Waals surface area contributed by atoms with Gasteiger partial charge < -0.3 is 21.7 Å². The summed E-state index contributed by atoms with van der Waals surface area (Å²) in [5, 5.41) is 17.1. The van der Waals surface area contributed by atoms with E-state index in [4.69, 9.17) is 19.8 Å². The molecule has 122 valence electrons. The predicted molar refractivity (Wildman–Crippen MR) is 92.8 cm³/mol. The lowest BCUT2D eigenvalue weighted by Crippen LogP contribution is -2.03. The first-order valence-corrected chi connectivity index (χ1v) is 6.99. The molecule has 0 aliphatic heterocycles. The average Bonchev–Trinajstić information content (AvgIpc) is 2.77. The second kappa shape index (κ2) is 7.15. The molecule has 2 amide bonds. The Bertz CT molecular complexity index is 886. The summed E-state index contributed by atoms with van der Waals surface area (Å²) in [4.78, 5) is 17.6. The molecular formula is C18H16N2O4. The molecule has 24 heavy (non-hydrogen) atoms. The highest BCUT2D eigenvalue weighted by Gasteiger charge is 2.17. The van der Waals surface area contributed by atoms with Gasteiger partial charge in [-0.3, -0.25) is 0 Å². The van der Waals surface area contributed by atoms with Gasteiger partial charge in [0.25, 0.3) is 0 Å². The first-order chi connectivity index (χ1) is 11.4. The Kier molecular flexibility index (Phi) is 5.01. The molecule has 0 saturated heterocycles. The summed E-state index contributed by atoms with van der Waals surface area (Å²) in [6, 6.07) is 21.8. The Balaban J connectivity index is 0.000000223. The molecule has 3 aromatic rings. The Hall–Kier alpha value is -3.54. The highest BCUT2D eigenvalue weighted by atomic mass is 16.4. The van der Waals surface area contributed by atoms with Crippen LogP contribution in [0.1, 0.15) is 0 Å². The second-order valence-corrected chi connectivity index (χ2v) is 4.97. The number of amides is 2. The van der Waals surface area contributed by atoms with Crippen molar-refractivity contribution in [2.75, 3.05) is 0 Å². The Morgan fingerprint density at radius 2 is 1.33 bits per heavy atom. The van der Waals surface area contributed by atoms with E-state index >= 15 is 0 Å². The van der Waals surface area contributed by atoms with E-state index in [-0.39, 0.29) is 0 Å². The van der Waals surface area contributed by atoms with Gasteiger partial charge in [-0.25, -0.2) is 9.59 Å². The highest BCUT2D eigenvalue weighted by Crippen LogP contribution is 2.43. The molecule has 0 radical (unpaired) electrons. The van der Waals surface area contributed by atoms with Gasteiger partial charge in [-0.1, -0.05) is 54.6 Å². The van der Waals surface area contributed by atoms with Crippen LogP contribution in [-0.4, -0.2) is 22.4 Å². The molecule has 1 aliphatic rings. The molecule has 4 rings (SSSR count). The molecule has 0 atom stereocenters. The molecule has 3 aromatic carbocycles. The number of carbonyl (C=O) groups is 2. The van der Waals surface area contributed by atoms with Crippen molar-refractivity contribution >= 4 is 23.0 Å². The molecule has 0 aromatic heterocycles. The first kappa shape index (κ1) is 16.8. The summed E-state index contributed by atoms with van der Waals surface area (Å²) in [6.45, 7) is 0. The van der Waals surface area contributed by atoms with Gasteiger partial charge in [0.1, 0.15) is 0 Å². The number of rotatable bonds is 0. The van der Waals surface area contributed by atoms with E-state index in [0.29, 0.717) is 0 Å². The zero-order valence-electron chi connectivity index (χ0n) is 12.6. The minimum absolute atomic E-state index is 1.32. The van der Waals surface area contributed by atoms with Crippen molar-refractivity contribution < 1.29 is 19.8 Å². The number of nitrogens with two attached hydrogens (primary N) is 2. The van der Waals surface area contributed by atoms with Gasteiger partial charge in [-0.05, 0) is 39.1 Å². The minimum atomic E-state index is -1.33. The third-order valence-corrected chi connectivity index (χ3v) is 3.39. The number of hydrogen-bond acceptors (Lipinski definition) is 2. The number of benzene rings is 3. The summed E-state index contributed by atoms with van der Waals surface area (Å²) in [5.41, 5.74) is 13.5. The fourth-order valence-corrected chi connectivity index (χ4v) is 2.67.